The second-order valence-electron chi connectivity index (χ2n) is 24.3. The molecule has 6 aliphatic heterocycles. The molecule has 14 rings (SSSR count). The summed E-state index contributed by atoms with van der Waals surface area (Å²) < 4.78 is 67.8. The fourth-order valence-electron chi connectivity index (χ4n) is 11.2. The van der Waals surface area contributed by atoms with Crippen molar-refractivity contribution < 1.29 is 67.5 Å². The molecule has 9 heterocycles. The average Bonchev–Trinajstić information content (AvgIpc) is 4.21. The summed E-state index contributed by atoms with van der Waals surface area (Å²) in [6.45, 7) is 22.4. The number of benzene rings is 3. The number of rotatable bonds is 4. The van der Waals surface area contributed by atoms with Gasteiger partial charge in [-0.3, -0.25) is 14.0 Å². The minimum absolute atomic E-state index is 0. The number of hydrogen-bond donors (Lipinski definition) is 0. The van der Waals surface area contributed by atoms with E-state index < -0.39 is 0 Å². The van der Waals surface area contributed by atoms with E-state index >= 15 is 0 Å². The van der Waals surface area contributed by atoms with Crippen LogP contribution in [0.25, 0.3) is 43.9 Å². The van der Waals surface area contributed by atoms with Crippen molar-refractivity contribution >= 4 is 128 Å². The fourth-order valence-corrected chi connectivity index (χ4v) is 13.1. The molecule has 0 bridgehead atoms. The first-order valence-corrected chi connectivity index (χ1v) is 32.5. The topological polar surface area (TPSA) is 146 Å². The molecule has 23 heteroatoms. The summed E-state index contributed by atoms with van der Waals surface area (Å²) in [6, 6.07) is 18.8. The maximum absolute atomic E-state index is 6.08. The Hall–Kier alpha value is -2.41. The maximum Gasteiger partial charge on any atom is 0.490 e. The molecule has 0 unspecified atom stereocenters. The van der Waals surface area contributed by atoms with Crippen LogP contribution in [0, 0.1) is 3.70 Å². The van der Waals surface area contributed by atoms with E-state index in [9.17, 15) is 0 Å². The Morgan fingerprint density at radius 1 is 0.465 bits per heavy atom. The molecule has 3 aromatic carbocycles. The van der Waals surface area contributed by atoms with E-state index in [1.165, 1.54) is 43.8 Å². The molecule has 4 saturated heterocycles. The standard InChI is InChI=1S/C16H17BrN2O2.C14H23BO4.C13H13BrN2O.C11H19BO3.C8H6BrIN2.CH4.Pd/c1-19-14-3-2-12(17)10-13(14)15(18-19)11-4-6-16(7-5-11)20-8-9-21-16;1-12(2)13(3,4)19-15(18-12)11-5-7-14(8-6-11)16-9-10-17-14;1-16-12-3-2-10(14)8-11(12)13(15-16)9-4-6-17-7-5-9;1-10(2)11(3,4)15-12(14-10)9-5-7-13-8-6-9;1-12-7-3-2-5(9)4-6(7)8(10)11-12;;/h2-4,10H,5-9H2,1H3;5H,6-10H2,1-4H3;2-4,8H,5-7H2,1H3;5H,6-8H2,1-4H3;2-4H,1H3;1H4;. The van der Waals surface area contributed by atoms with Gasteiger partial charge in [0.25, 0.3) is 0 Å². The van der Waals surface area contributed by atoms with Crippen LogP contribution in [-0.2, 0) is 88.6 Å². The van der Waals surface area contributed by atoms with Gasteiger partial charge in [0.2, 0.25) is 0 Å². The van der Waals surface area contributed by atoms with E-state index in [4.69, 9.17) is 52.1 Å². The van der Waals surface area contributed by atoms with Gasteiger partial charge in [0.05, 0.1) is 103 Å². The molecule has 16 nitrogen and oxygen atoms in total. The molecule has 0 N–H and O–H groups in total. The predicted octanol–water partition coefficient (Wildman–Crippen LogP) is 14.8. The third-order valence-electron chi connectivity index (χ3n) is 17.6. The van der Waals surface area contributed by atoms with Crippen LogP contribution in [0.2, 0.25) is 0 Å². The number of ether oxygens (including phenoxy) is 6. The number of aryl methyl sites for hydroxylation is 3. The molecule has 86 heavy (non-hydrogen) atoms. The number of halogens is 4. The molecular weight excluding hydrogens is 1500 g/mol. The minimum Gasteiger partial charge on any atom is -0.400 e. The van der Waals surface area contributed by atoms with E-state index in [-0.39, 0.29) is 76.1 Å². The molecule has 0 amide bonds. The van der Waals surface area contributed by atoms with Gasteiger partial charge in [-0.15, -0.1) is 0 Å². The second-order valence-corrected chi connectivity index (χ2v) is 28.1. The van der Waals surface area contributed by atoms with Crippen molar-refractivity contribution in [1.29, 1.82) is 0 Å². The maximum atomic E-state index is 6.08. The van der Waals surface area contributed by atoms with Gasteiger partial charge in [0, 0.05) is 96.8 Å². The molecule has 2 aliphatic carbocycles. The van der Waals surface area contributed by atoms with Gasteiger partial charge in [-0.25, -0.2) is 0 Å². The Morgan fingerprint density at radius 3 is 1.24 bits per heavy atom. The van der Waals surface area contributed by atoms with E-state index in [1.54, 1.807) is 0 Å². The quantitative estimate of drug-likeness (QED) is 0.122. The Labute approximate surface area is 561 Å². The van der Waals surface area contributed by atoms with Crippen molar-refractivity contribution in [2.45, 2.75) is 148 Å². The number of nitrogens with zero attached hydrogens (tertiary/aromatic N) is 6. The van der Waals surface area contributed by atoms with E-state index in [1.807, 2.05) is 47.3 Å². The van der Waals surface area contributed by atoms with Crippen LogP contribution in [0.1, 0.15) is 126 Å². The summed E-state index contributed by atoms with van der Waals surface area (Å²) in [4.78, 5) is 0. The van der Waals surface area contributed by atoms with Gasteiger partial charge in [0.1, 0.15) is 3.70 Å². The minimum atomic E-state index is -0.368. The molecular formula is C63H82B2Br3IN6O10Pd. The summed E-state index contributed by atoms with van der Waals surface area (Å²) in [7, 11) is 5.54. The van der Waals surface area contributed by atoms with E-state index in [0.29, 0.717) is 39.6 Å². The Balaban J connectivity index is 0.000000140. The summed E-state index contributed by atoms with van der Waals surface area (Å²) in [5.41, 5.74) is 9.68. The van der Waals surface area contributed by atoms with Crippen LogP contribution in [0.5, 0.6) is 0 Å². The van der Waals surface area contributed by atoms with Gasteiger partial charge in [-0.05, 0) is 180 Å². The Kier molecular flexibility index (Phi) is 23.1. The zero-order valence-electron chi connectivity index (χ0n) is 50.6. The SMILES string of the molecule is C.CC1(C)OB(C2=CCC3(CC2)OCCO3)OC1(C)C.CC1(C)OB(C2=CCOCC2)OC1(C)C.Cn1nc(C2=CCC3(CC2)OCCO3)c2cc(Br)ccc21.Cn1nc(C2=CCOCC2)c2cc(Br)ccc21.Cn1nc(I)c2cc(Br)ccc21.[Pd]. The van der Waals surface area contributed by atoms with Crippen LogP contribution in [0.15, 0.2) is 103 Å². The van der Waals surface area contributed by atoms with E-state index in [2.05, 4.69) is 203 Å². The number of hydrogen-bond acceptors (Lipinski definition) is 13. The third-order valence-corrected chi connectivity index (χ3v) is 19.9. The molecule has 0 radical (unpaired) electrons. The molecule has 8 aliphatic rings. The van der Waals surface area contributed by atoms with Crippen molar-refractivity contribution in [3.8, 4) is 0 Å². The smallest absolute Gasteiger partial charge is 0.400 e. The number of aromatic nitrogens is 6. The molecule has 4 fully saturated rings. The molecule has 468 valence electrons. The summed E-state index contributed by atoms with van der Waals surface area (Å²) in [5, 5.41) is 17.3. The largest absolute Gasteiger partial charge is 0.490 e. The monoisotopic (exact) mass is 1570 g/mol. The normalized spacial score (nSPS) is 22.0. The molecule has 2 spiro atoms. The summed E-state index contributed by atoms with van der Waals surface area (Å²) >= 11 is 12.7. The molecule has 0 saturated carbocycles. The van der Waals surface area contributed by atoms with Crippen LogP contribution in [-0.4, -0.2) is 130 Å². The molecule has 6 aromatic rings. The van der Waals surface area contributed by atoms with Crippen molar-refractivity contribution in [3.63, 3.8) is 0 Å². The molecule has 3 aromatic heterocycles. The van der Waals surface area contributed by atoms with Gasteiger partial charge >= 0.3 is 14.2 Å². The Morgan fingerprint density at radius 2 is 0.849 bits per heavy atom. The van der Waals surface area contributed by atoms with Crippen molar-refractivity contribution in [2.24, 2.45) is 21.1 Å². The number of allylic oxidation sites excluding steroid dienone is 2. The zero-order valence-corrected chi connectivity index (χ0v) is 59.0. The van der Waals surface area contributed by atoms with Crippen LogP contribution < -0.4 is 0 Å². The first-order valence-electron chi connectivity index (χ1n) is 29.1. The van der Waals surface area contributed by atoms with Crippen LogP contribution in [0.4, 0.5) is 0 Å². The summed E-state index contributed by atoms with van der Waals surface area (Å²) in [6.07, 6.45) is 15.7. The van der Waals surface area contributed by atoms with Crippen molar-refractivity contribution in [3.05, 3.63) is 118 Å². The number of fused-ring (bicyclic) bond motifs is 3. The van der Waals surface area contributed by atoms with Crippen molar-refractivity contribution in [1.82, 2.24) is 29.3 Å². The predicted molar refractivity (Wildman–Crippen MR) is 357 cm³/mol. The zero-order chi connectivity index (χ0) is 59.8. The Bertz CT molecular complexity index is 3460. The first-order chi connectivity index (χ1) is 39.9. The second kappa shape index (κ2) is 28.6. The van der Waals surface area contributed by atoms with Gasteiger partial charge in [-0.2, -0.15) is 15.3 Å². The van der Waals surface area contributed by atoms with Gasteiger partial charge in [0.15, 0.2) is 11.6 Å². The van der Waals surface area contributed by atoms with Crippen LogP contribution in [0.3, 0.4) is 0 Å². The van der Waals surface area contributed by atoms with Crippen LogP contribution >= 0.6 is 70.4 Å². The molecule has 0 atom stereocenters. The fraction of sp³-hybridized carbons (Fsp3) is 0.540. The summed E-state index contributed by atoms with van der Waals surface area (Å²) in [5.74, 6) is -0.734. The van der Waals surface area contributed by atoms with E-state index in [0.717, 1.165) is 104 Å². The van der Waals surface area contributed by atoms with Gasteiger partial charge in [-0.1, -0.05) is 79.5 Å². The average molecular weight is 1580 g/mol. The third kappa shape index (κ3) is 15.6. The van der Waals surface area contributed by atoms with Gasteiger partial charge < -0.3 is 47.0 Å². The van der Waals surface area contributed by atoms with Crippen molar-refractivity contribution in [2.75, 3.05) is 52.9 Å². The first kappa shape index (κ1) is 69.5.